The molecule has 0 saturated carbocycles. The maximum absolute atomic E-state index is 14.9. The first kappa shape index (κ1) is 49.3. The smallest absolute Gasteiger partial charge is 0.352 e. The van der Waals surface area contributed by atoms with E-state index in [9.17, 15) is 37.8 Å². The number of carbonyl (C=O) groups is 4. The topological polar surface area (TPSA) is 202 Å². The van der Waals surface area contributed by atoms with Crippen LogP contribution >= 0.6 is 11.8 Å². The van der Waals surface area contributed by atoms with E-state index in [1.807, 2.05) is 36.4 Å². The van der Waals surface area contributed by atoms with Crippen LogP contribution in [0.3, 0.4) is 0 Å². The van der Waals surface area contributed by atoms with Crippen LogP contribution in [0.2, 0.25) is 0 Å². The Balaban J connectivity index is 0.746. The lowest BCUT2D eigenvalue weighted by molar-refractivity contribution is -0.160. The number of benzene rings is 6. The van der Waals surface area contributed by atoms with Crippen molar-refractivity contribution in [3.8, 4) is 28.2 Å². The molecule has 3 amide bonds. The van der Waals surface area contributed by atoms with Crippen molar-refractivity contribution in [1.29, 1.82) is 0 Å². The van der Waals surface area contributed by atoms with E-state index in [2.05, 4.69) is 75.5 Å². The molecule has 7 aliphatic heterocycles. The van der Waals surface area contributed by atoms with Crippen LogP contribution < -0.4 is 24.9 Å². The fraction of sp³-hybridized carbons (Fsp3) is 0.237. The number of carboxylic acid groups (broad SMARTS) is 1. The molecule has 78 heavy (non-hydrogen) atoms. The van der Waals surface area contributed by atoms with E-state index in [1.165, 1.54) is 38.2 Å². The van der Waals surface area contributed by atoms with Crippen LogP contribution in [0.4, 0.5) is 17.1 Å². The van der Waals surface area contributed by atoms with Crippen LogP contribution in [0.25, 0.3) is 33.4 Å². The van der Waals surface area contributed by atoms with Crippen molar-refractivity contribution in [2.45, 2.75) is 54.4 Å². The molecule has 5 aromatic rings. The largest absolute Gasteiger partial charge is 0.489 e. The minimum Gasteiger partial charge on any atom is -0.489 e. The Hall–Kier alpha value is -8.23. The van der Waals surface area contributed by atoms with Crippen LogP contribution in [0.5, 0.6) is 5.75 Å². The molecule has 3 N–H and O–H groups in total. The standard InChI is InChI=1S/C59H50N6O11S2/c1-61(31-34-14-18-40(19-15-34)74-32-37-33-77-58-53(57(69)65(58)54(37)59(70)71)60-56(68)55-46(24-27-66)76-51-30-50(67)64(51)55)78(72,73)49-13-7-4-10-43(49)52-41-20-16-38(62-25-22-35-8-2-5-11-44(35)62)28-47(41)75-48-29-39(17-21-42(48)52)63-26-23-36-9-3-6-12-45(36)63/h2-21,24,28-29,51,53,55,58,66H,22-23,25-27,30-33H2,1H3,(H-,60,68,70,71)/p+1/b46-24-/t51-,53-,55-,58-/m1/s1. The fourth-order valence-corrected chi connectivity index (χ4v) is 14.4. The molecule has 0 radical (unpaired) electrons. The van der Waals surface area contributed by atoms with Crippen molar-refractivity contribution in [3.05, 3.63) is 179 Å². The number of carbonyl (C=O) groups excluding carboxylic acids is 3. The summed E-state index contributed by atoms with van der Waals surface area (Å²) in [6.07, 6.45) is 2.62. The summed E-state index contributed by atoms with van der Waals surface area (Å²) < 4.78 is 52.1. The minimum absolute atomic E-state index is 0.0206. The highest BCUT2D eigenvalue weighted by molar-refractivity contribution is 8.00. The number of nitrogens with zero attached hydrogens (tertiary/aromatic N) is 5. The first-order valence-electron chi connectivity index (χ1n) is 25.7. The molecule has 17 nitrogen and oxygen atoms in total. The monoisotopic (exact) mass is 1080 g/mol. The Labute approximate surface area is 452 Å². The molecular formula is C59H51N6O11S2+. The number of rotatable bonds is 13. The van der Waals surface area contributed by atoms with E-state index in [0.29, 0.717) is 33.8 Å². The second kappa shape index (κ2) is 19.3. The molecule has 0 unspecified atom stereocenters. The van der Waals surface area contributed by atoms with Crippen molar-refractivity contribution < 1.29 is 51.7 Å². The van der Waals surface area contributed by atoms with Gasteiger partial charge in [-0.2, -0.15) is 8.88 Å². The van der Waals surface area contributed by atoms with Gasteiger partial charge in [0, 0.05) is 95.1 Å². The number of fused-ring (bicyclic) bond motifs is 6. The molecule has 0 bridgehead atoms. The van der Waals surface area contributed by atoms with Gasteiger partial charge >= 0.3 is 5.97 Å². The highest BCUT2D eigenvalue weighted by Crippen LogP contribution is 2.46. The van der Waals surface area contributed by atoms with Crippen LogP contribution in [0.15, 0.2) is 166 Å². The number of aliphatic carboxylic acids is 1. The molecule has 394 valence electrons. The van der Waals surface area contributed by atoms with E-state index < -0.39 is 58.1 Å². The molecule has 5 aromatic carbocycles. The van der Waals surface area contributed by atoms with Crippen molar-refractivity contribution in [2.75, 3.05) is 44.0 Å². The van der Waals surface area contributed by atoms with Gasteiger partial charge in [0.1, 0.15) is 46.6 Å². The average molecular weight is 1080 g/mol. The molecule has 13 rings (SSSR count). The number of sulfonamides is 1. The second-order valence-corrected chi connectivity index (χ2v) is 23.1. The zero-order valence-corrected chi connectivity index (χ0v) is 43.7. The highest BCUT2D eigenvalue weighted by atomic mass is 32.2. The number of hydrogen-bond acceptors (Lipinski definition) is 12. The molecule has 0 spiro atoms. The number of aliphatic hydroxyl groups excluding tert-OH is 1. The van der Waals surface area contributed by atoms with Gasteiger partial charge in [-0.05, 0) is 66.1 Å². The fourth-order valence-electron chi connectivity index (χ4n) is 11.7. The summed E-state index contributed by atoms with van der Waals surface area (Å²) in [4.78, 5) is 56.7. The summed E-state index contributed by atoms with van der Waals surface area (Å²) in [7, 11) is -2.59. The van der Waals surface area contributed by atoms with E-state index in [0.717, 1.165) is 69.8 Å². The van der Waals surface area contributed by atoms with Crippen LogP contribution in [0, 0.1) is 0 Å². The number of β-lactam (4-membered cyclic amide) rings is 2. The quantitative estimate of drug-likeness (QED) is 0.0658. The van der Waals surface area contributed by atoms with Crippen LogP contribution in [-0.4, -0.2) is 119 Å². The summed E-state index contributed by atoms with van der Waals surface area (Å²) in [6, 6.07) is 40.9. The zero-order valence-electron chi connectivity index (χ0n) is 42.1. The van der Waals surface area contributed by atoms with Gasteiger partial charge in [0.05, 0.1) is 24.0 Å². The number of para-hydroxylation sites is 2. The number of anilines is 2. The Bertz CT molecular complexity index is 3910. The molecule has 7 heterocycles. The third-order valence-electron chi connectivity index (χ3n) is 15.5. The third kappa shape index (κ3) is 8.22. The summed E-state index contributed by atoms with van der Waals surface area (Å²) in [5.74, 6) is -1.61. The van der Waals surface area contributed by atoms with E-state index in [4.69, 9.17) is 13.9 Å². The Morgan fingerprint density at radius 3 is 2.50 bits per heavy atom. The lowest BCUT2D eigenvalue weighted by Gasteiger charge is -2.49. The van der Waals surface area contributed by atoms with Crippen molar-refractivity contribution in [1.82, 2.24) is 24.0 Å². The summed E-state index contributed by atoms with van der Waals surface area (Å²) in [6.45, 7) is 1.09. The molecule has 0 aromatic heterocycles. The van der Waals surface area contributed by atoms with E-state index in [-0.39, 0.29) is 47.6 Å². The predicted molar refractivity (Wildman–Crippen MR) is 291 cm³/mol. The highest BCUT2D eigenvalue weighted by Gasteiger charge is 2.58. The maximum atomic E-state index is 14.9. The molecule has 8 aliphatic rings. The van der Waals surface area contributed by atoms with Crippen LogP contribution in [-0.2, 0) is 53.3 Å². The molecular weight excluding hydrogens is 1030 g/mol. The van der Waals surface area contributed by atoms with Gasteiger partial charge in [0.15, 0.2) is 18.8 Å². The minimum atomic E-state index is -4.14. The lowest BCUT2D eigenvalue weighted by Crippen LogP contribution is -2.72. The second-order valence-electron chi connectivity index (χ2n) is 20.0. The first-order valence-corrected chi connectivity index (χ1v) is 28.2. The first-order chi connectivity index (χ1) is 37.9. The van der Waals surface area contributed by atoms with E-state index in [1.54, 1.807) is 43.4 Å². The lowest BCUT2D eigenvalue weighted by atomic mass is 9.93. The maximum Gasteiger partial charge on any atom is 0.352 e. The van der Waals surface area contributed by atoms with Gasteiger partial charge in [-0.1, -0.05) is 66.7 Å². The average Bonchev–Trinajstić information content (AvgIpc) is 4.20. The van der Waals surface area contributed by atoms with Crippen molar-refractivity contribution in [3.63, 3.8) is 0 Å². The molecule has 1 aliphatic carbocycles. The third-order valence-corrected chi connectivity index (χ3v) is 18.7. The number of nitrogens with one attached hydrogen (secondary N) is 1. The number of ether oxygens (including phenoxy) is 2. The number of aliphatic hydroxyl groups is 1. The van der Waals surface area contributed by atoms with Gasteiger partial charge in [-0.25, -0.2) is 13.2 Å². The summed E-state index contributed by atoms with van der Waals surface area (Å²) in [5, 5.41) is 23.5. The van der Waals surface area contributed by atoms with Gasteiger partial charge in [0.25, 0.3) is 11.8 Å². The number of amides is 3. The summed E-state index contributed by atoms with van der Waals surface area (Å²) >= 11 is 1.27. The number of thioether (sulfide) groups is 1. The van der Waals surface area contributed by atoms with Crippen molar-refractivity contribution >= 4 is 73.5 Å². The van der Waals surface area contributed by atoms with Gasteiger partial charge in [0.2, 0.25) is 27.0 Å². The van der Waals surface area contributed by atoms with E-state index >= 15 is 0 Å². The normalized spacial score (nSPS) is 21.6. The molecule has 4 atom stereocenters. The SMILES string of the molecule is CN(Cc1ccc(OCC2=C(C(=O)O)N3C(=O)[C@@H](NC(=O)[C@H]4/C(=C/CO)O[C@@H]5CC(=O)N54)[C@H]3SC2)cc1)S(=O)(=O)c1ccccc1-c1c2ccc(=[N+]3CCc4ccccc43)cc-2oc2cc(N3CCc4ccccc43)ccc12. The number of hydrogen-bond donors (Lipinski definition) is 3. The molecule has 19 heteroatoms. The van der Waals surface area contributed by atoms with Gasteiger partial charge < -0.3 is 34.3 Å². The van der Waals surface area contributed by atoms with Crippen LogP contribution in [0.1, 0.15) is 23.1 Å². The molecule has 3 saturated heterocycles. The Morgan fingerprint density at radius 2 is 1.69 bits per heavy atom. The van der Waals surface area contributed by atoms with Gasteiger partial charge in [-0.3, -0.25) is 24.2 Å². The predicted octanol–water partition coefficient (Wildman–Crippen LogP) is 6.33. The Kier molecular flexibility index (Phi) is 12.2. The summed E-state index contributed by atoms with van der Waals surface area (Å²) in [5.41, 5.74) is 9.30. The molecule has 3 fully saturated rings. The zero-order chi connectivity index (χ0) is 53.6. The Morgan fingerprint density at radius 1 is 0.910 bits per heavy atom. The number of carboxylic acids is 1. The van der Waals surface area contributed by atoms with Gasteiger partial charge in [-0.15, -0.1) is 11.8 Å². The van der Waals surface area contributed by atoms with Crippen molar-refractivity contribution in [2.24, 2.45) is 0 Å².